The third kappa shape index (κ3) is 5.70. The lowest BCUT2D eigenvalue weighted by atomic mass is 10.4. The van der Waals surface area contributed by atoms with Crippen LogP contribution in [0, 0.1) is 0 Å². The summed E-state index contributed by atoms with van der Waals surface area (Å²) in [5.74, 6) is 0. The van der Waals surface area contributed by atoms with Gasteiger partial charge in [0, 0.05) is 14.2 Å². The van der Waals surface area contributed by atoms with Crippen LogP contribution in [0.25, 0.3) is 0 Å². The Morgan fingerprint density at radius 1 is 0.842 bits per heavy atom. The van der Waals surface area contributed by atoms with Crippen LogP contribution in [0.15, 0.2) is 0 Å². The van der Waals surface area contributed by atoms with Crippen LogP contribution in [0.2, 0.25) is 0 Å². The van der Waals surface area contributed by atoms with Crippen molar-refractivity contribution in [1.82, 2.24) is 0 Å². The molecule has 0 saturated carbocycles. The fourth-order valence-electron chi connectivity index (χ4n) is 1.52. The molecule has 2 fully saturated rings. The van der Waals surface area contributed by atoms with Crippen molar-refractivity contribution in [1.29, 1.82) is 0 Å². The van der Waals surface area contributed by atoms with Crippen molar-refractivity contribution in [2.24, 2.45) is 0 Å². The first kappa shape index (κ1) is 15.1. The maximum absolute atomic E-state index is 5.79. The first-order valence-electron chi connectivity index (χ1n) is 6.45. The number of rotatable bonds is 12. The second-order valence-electron chi connectivity index (χ2n) is 4.34. The van der Waals surface area contributed by atoms with Gasteiger partial charge in [-0.05, 0) is 0 Å². The molecule has 0 aromatic heterocycles. The van der Waals surface area contributed by atoms with Gasteiger partial charge in [0.2, 0.25) is 0 Å². The zero-order valence-electron chi connectivity index (χ0n) is 11.4. The lowest BCUT2D eigenvalue weighted by Gasteiger charge is -2.23. The highest BCUT2D eigenvalue weighted by Crippen LogP contribution is 2.25. The molecule has 7 heteroatoms. The summed E-state index contributed by atoms with van der Waals surface area (Å²) in [6.07, 6.45) is -0.924. The van der Waals surface area contributed by atoms with Crippen molar-refractivity contribution in [3.05, 3.63) is 0 Å². The van der Waals surface area contributed by atoms with Gasteiger partial charge < -0.3 is 33.2 Å². The Labute approximate surface area is 113 Å². The van der Waals surface area contributed by atoms with Crippen LogP contribution in [0.5, 0.6) is 0 Å². The summed E-state index contributed by atoms with van der Waals surface area (Å²) in [6, 6.07) is 0. The van der Waals surface area contributed by atoms with E-state index < -0.39 is 12.6 Å². The van der Waals surface area contributed by atoms with Gasteiger partial charge in [-0.1, -0.05) is 0 Å². The van der Waals surface area contributed by atoms with Crippen molar-refractivity contribution >= 4 is 0 Å². The predicted molar refractivity (Wildman–Crippen MR) is 63.8 cm³/mol. The molecule has 2 saturated heterocycles. The molecule has 0 aliphatic carbocycles. The molecule has 19 heavy (non-hydrogen) atoms. The average molecular weight is 278 g/mol. The second kappa shape index (κ2) is 8.11. The number of methoxy groups -OCH3 is 2. The first-order valence-corrected chi connectivity index (χ1v) is 6.45. The van der Waals surface area contributed by atoms with E-state index in [1.807, 2.05) is 0 Å². The fraction of sp³-hybridized carbons (Fsp3) is 1.00. The zero-order chi connectivity index (χ0) is 13.5. The zero-order valence-corrected chi connectivity index (χ0v) is 11.4. The smallest absolute Gasteiger partial charge is 0.189 e. The molecule has 2 aliphatic rings. The Kier molecular flexibility index (Phi) is 6.45. The van der Waals surface area contributed by atoms with E-state index in [4.69, 9.17) is 33.2 Å². The van der Waals surface area contributed by atoms with Crippen LogP contribution >= 0.6 is 0 Å². The van der Waals surface area contributed by atoms with E-state index in [2.05, 4.69) is 0 Å². The molecular weight excluding hydrogens is 256 g/mol. The number of ether oxygens (including phenoxy) is 7. The number of epoxide rings is 2. The highest BCUT2D eigenvalue weighted by Gasteiger charge is 2.41. The summed E-state index contributed by atoms with van der Waals surface area (Å²) in [4.78, 5) is 0. The van der Waals surface area contributed by atoms with Crippen LogP contribution < -0.4 is 0 Å². The third-order valence-corrected chi connectivity index (χ3v) is 2.73. The van der Waals surface area contributed by atoms with Gasteiger partial charge in [0.25, 0.3) is 0 Å². The van der Waals surface area contributed by atoms with Gasteiger partial charge in [-0.25, -0.2) is 0 Å². The second-order valence-corrected chi connectivity index (χ2v) is 4.34. The van der Waals surface area contributed by atoms with Crippen LogP contribution in [0.3, 0.4) is 0 Å². The van der Waals surface area contributed by atoms with Crippen molar-refractivity contribution in [3.8, 4) is 0 Å². The average Bonchev–Trinajstić information content (AvgIpc) is 3.29. The highest BCUT2D eigenvalue weighted by molar-refractivity contribution is 4.79. The van der Waals surface area contributed by atoms with E-state index in [1.54, 1.807) is 14.2 Å². The Bertz CT molecular complexity index is 218. The monoisotopic (exact) mass is 278 g/mol. The topological polar surface area (TPSA) is 71.2 Å². The molecule has 7 nitrogen and oxygen atoms in total. The van der Waals surface area contributed by atoms with E-state index in [1.165, 1.54) is 0 Å². The molecule has 0 N–H and O–H groups in total. The molecule has 4 atom stereocenters. The molecule has 0 amide bonds. The first-order chi connectivity index (χ1) is 9.35. The minimum Gasteiger partial charge on any atom is -0.382 e. The van der Waals surface area contributed by atoms with Crippen LogP contribution in [-0.4, -0.2) is 78.6 Å². The number of hydrogen-bond donors (Lipinski definition) is 0. The van der Waals surface area contributed by atoms with E-state index in [0.29, 0.717) is 39.6 Å². The summed E-state index contributed by atoms with van der Waals surface area (Å²) in [5, 5.41) is 0. The largest absolute Gasteiger partial charge is 0.382 e. The van der Waals surface area contributed by atoms with Gasteiger partial charge >= 0.3 is 0 Å². The lowest BCUT2D eigenvalue weighted by molar-refractivity contribution is -0.259. The molecule has 0 radical (unpaired) electrons. The molecule has 2 aliphatic heterocycles. The predicted octanol–water partition coefficient (Wildman–Crippen LogP) is -0.221. The molecule has 0 bridgehead atoms. The summed E-state index contributed by atoms with van der Waals surface area (Å²) >= 11 is 0. The van der Waals surface area contributed by atoms with Crippen LogP contribution in [0.1, 0.15) is 0 Å². The fourth-order valence-corrected chi connectivity index (χ4v) is 1.52. The van der Waals surface area contributed by atoms with E-state index in [9.17, 15) is 0 Å². The van der Waals surface area contributed by atoms with Gasteiger partial charge in [0.1, 0.15) is 12.2 Å². The third-order valence-electron chi connectivity index (χ3n) is 2.73. The van der Waals surface area contributed by atoms with E-state index >= 15 is 0 Å². The maximum Gasteiger partial charge on any atom is 0.189 e. The molecule has 0 spiro atoms. The van der Waals surface area contributed by atoms with Gasteiger partial charge in [-0.15, -0.1) is 0 Å². The van der Waals surface area contributed by atoms with Crippen molar-refractivity contribution in [3.63, 3.8) is 0 Å². The van der Waals surface area contributed by atoms with Crippen LogP contribution in [-0.2, 0) is 33.2 Å². The Morgan fingerprint density at radius 2 is 1.26 bits per heavy atom. The minimum absolute atomic E-state index is 0.0240. The number of hydrogen-bond acceptors (Lipinski definition) is 7. The quantitative estimate of drug-likeness (QED) is 0.277. The van der Waals surface area contributed by atoms with Gasteiger partial charge in [-0.3, -0.25) is 0 Å². The lowest BCUT2D eigenvalue weighted by Crippen LogP contribution is -2.35. The molecule has 2 heterocycles. The highest BCUT2D eigenvalue weighted by atomic mass is 16.8. The SMILES string of the molecule is COCCOC(OC(OCCOC)C1CO1)C1CO1. The van der Waals surface area contributed by atoms with E-state index in [0.717, 1.165) is 0 Å². The minimum atomic E-state index is -0.438. The summed E-state index contributed by atoms with van der Waals surface area (Å²) in [5.41, 5.74) is 0. The molecule has 4 unspecified atom stereocenters. The van der Waals surface area contributed by atoms with Crippen LogP contribution in [0.4, 0.5) is 0 Å². The van der Waals surface area contributed by atoms with E-state index in [-0.39, 0.29) is 12.2 Å². The molecular formula is C12H22O7. The van der Waals surface area contributed by atoms with Gasteiger partial charge in [-0.2, -0.15) is 0 Å². The summed E-state index contributed by atoms with van der Waals surface area (Å²) in [6.45, 7) is 3.24. The Hall–Kier alpha value is -0.280. The van der Waals surface area contributed by atoms with Crippen molar-refractivity contribution in [2.75, 3.05) is 53.9 Å². The standard InChI is InChI=1S/C12H22O7/c1-13-3-5-15-11(9-7-17-9)19-12(10-8-18-10)16-6-4-14-2/h9-12H,3-8H2,1-2H3. The summed E-state index contributed by atoms with van der Waals surface area (Å²) in [7, 11) is 3.25. The van der Waals surface area contributed by atoms with Gasteiger partial charge in [0.15, 0.2) is 12.6 Å². The van der Waals surface area contributed by atoms with Crippen molar-refractivity contribution in [2.45, 2.75) is 24.8 Å². The normalized spacial score (nSPS) is 28.1. The maximum atomic E-state index is 5.79. The Balaban J connectivity index is 1.72. The van der Waals surface area contributed by atoms with Gasteiger partial charge in [0.05, 0.1) is 39.6 Å². The van der Waals surface area contributed by atoms with Crippen molar-refractivity contribution < 1.29 is 33.2 Å². The molecule has 0 aromatic carbocycles. The molecule has 2 rings (SSSR count). The Morgan fingerprint density at radius 3 is 1.58 bits per heavy atom. The molecule has 0 aromatic rings. The molecule has 112 valence electrons. The summed E-state index contributed by atoms with van der Waals surface area (Å²) < 4.78 is 37.3.